The Kier molecular flexibility index (Phi) is 5.21. The molecule has 0 aliphatic carbocycles. The standard InChI is InChI=1S/C20H15Cl2N3O3S/c21-14-11-17(22)20(26)18(12-14)24-23-15-5-7-16(8-6-15)29(27,28)25-10-9-13-3-1-2-4-19(13)25/h1-8,11-12,26H,9-10H2. The van der Waals surface area contributed by atoms with Gasteiger partial charge in [-0.15, -0.1) is 5.11 Å². The van der Waals surface area contributed by atoms with Gasteiger partial charge in [0, 0.05) is 11.6 Å². The van der Waals surface area contributed by atoms with E-state index in [0.717, 1.165) is 5.56 Å². The summed E-state index contributed by atoms with van der Waals surface area (Å²) < 4.78 is 27.5. The van der Waals surface area contributed by atoms with E-state index in [1.54, 1.807) is 12.1 Å². The van der Waals surface area contributed by atoms with E-state index in [0.29, 0.717) is 29.4 Å². The van der Waals surface area contributed by atoms with Crippen molar-refractivity contribution < 1.29 is 13.5 Å². The van der Waals surface area contributed by atoms with E-state index in [4.69, 9.17) is 23.2 Å². The SMILES string of the molecule is O=S(=O)(c1ccc(N=Nc2cc(Cl)cc(Cl)c2O)cc1)N1CCc2ccccc21. The zero-order valence-electron chi connectivity index (χ0n) is 15.0. The lowest BCUT2D eigenvalue weighted by Crippen LogP contribution is -2.29. The predicted molar refractivity (Wildman–Crippen MR) is 113 cm³/mol. The highest BCUT2D eigenvalue weighted by Crippen LogP contribution is 2.38. The number of nitrogens with zero attached hydrogens (tertiary/aromatic N) is 3. The van der Waals surface area contributed by atoms with E-state index < -0.39 is 10.0 Å². The van der Waals surface area contributed by atoms with Crippen molar-refractivity contribution >= 4 is 50.3 Å². The maximum absolute atomic E-state index is 13.0. The monoisotopic (exact) mass is 447 g/mol. The largest absolute Gasteiger partial charge is 0.504 e. The lowest BCUT2D eigenvalue weighted by Gasteiger charge is -2.19. The molecular weight excluding hydrogens is 433 g/mol. The van der Waals surface area contributed by atoms with E-state index in [2.05, 4.69) is 10.2 Å². The fourth-order valence-corrected chi connectivity index (χ4v) is 5.10. The second-order valence-corrected chi connectivity index (χ2v) is 9.11. The van der Waals surface area contributed by atoms with Crippen molar-refractivity contribution in [3.63, 3.8) is 0 Å². The van der Waals surface area contributed by atoms with Crippen LogP contribution in [-0.4, -0.2) is 20.1 Å². The zero-order valence-corrected chi connectivity index (χ0v) is 17.3. The lowest BCUT2D eigenvalue weighted by atomic mass is 10.2. The number of fused-ring (bicyclic) bond motifs is 1. The van der Waals surface area contributed by atoms with E-state index in [1.807, 2.05) is 24.3 Å². The average Bonchev–Trinajstić information content (AvgIpc) is 3.15. The summed E-state index contributed by atoms with van der Waals surface area (Å²) in [4.78, 5) is 0.168. The van der Waals surface area contributed by atoms with Gasteiger partial charge in [0.1, 0.15) is 5.69 Å². The molecule has 29 heavy (non-hydrogen) atoms. The normalized spacial score (nSPS) is 13.8. The molecule has 1 aliphatic heterocycles. The summed E-state index contributed by atoms with van der Waals surface area (Å²) in [5, 5.41) is 18.3. The van der Waals surface area contributed by atoms with E-state index in [1.165, 1.54) is 28.6 Å². The third-order valence-electron chi connectivity index (χ3n) is 4.55. The van der Waals surface area contributed by atoms with Gasteiger partial charge in [0.25, 0.3) is 10.0 Å². The second kappa shape index (κ2) is 7.67. The van der Waals surface area contributed by atoms with Crippen molar-refractivity contribution in [3.05, 3.63) is 76.3 Å². The fourth-order valence-electron chi connectivity index (χ4n) is 3.11. The maximum atomic E-state index is 13.0. The first kappa shape index (κ1) is 19.7. The van der Waals surface area contributed by atoms with Crippen LogP contribution in [0.1, 0.15) is 5.56 Å². The van der Waals surface area contributed by atoms with Gasteiger partial charge in [0.15, 0.2) is 5.75 Å². The fraction of sp³-hybridized carbons (Fsp3) is 0.100. The molecule has 0 saturated heterocycles. The topological polar surface area (TPSA) is 82.3 Å². The molecule has 1 N–H and O–H groups in total. The van der Waals surface area contributed by atoms with Crippen LogP contribution >= 0.6 is 23.2 Å². The first-order valence-corrected chi connectivity index (χ1v) is 10.9. The van der Waals surface area contributed by atoms with Crippen LogP contribution in [0.25, 0.3) is 0 Å². The zero-order chi connectivity index (χ0) is 20.6. The molecule has 148 valence electrons. The Bertz CT molecular complexity index is 1210. The van der Waals surface area contributed by atoms with E-state index in [-0.39, 0.29) is 21.4 Å². The quantitative estimate of drug-likeness (QED) is 0.507. The highest BCUT2D eigenvalue weighted by atomic mass is 35.5. The maximum Gasteiger partial charge on any atom is 0.264 e. The van der Waals surface area contributed by atoms with Crippen LogP contribution in [0.15, 0.2) is 75.8 Å². The van der Waals surface area contributed by atoms with Crippen LogP contribution in [0.2, 0.25) is 10.0 Å². The van der Waals surface area contributed by atoms with Gasteiger partial charge in [0.05, 0.1) is 21.3 Å². The highest BCUT2D eigenvalue weighted by Gasteiger charge is 2.30. The number of para-hydroxylation sites is 1. The van der Waals surface area contributed by atoms with Crippen LogP contribution in [0, 0.1) is 0 Å². The Morgan fingerprint density at radius 2 is 1.69 bits per heavy atom. The molecule has 9 heteroatoms. The first-order chi connectivity index (χ1) is 13.9. The molecule has 4 rings (SSSR count). The number of hydrogen-bond acceptors (Lipinski definition) is 5. The number of sulfonamides is 1. The summed E-state index contributed by atoms with van der Waals surface area (Å²) in [6, 6.07) is 16.3. The lowest BCUT2D eigenvalue weighted by molar-refractivity contribution is 0.476. The van der Waals surface area contributed by atoms with Crippen molar-refractivity contribution in [2.45, 2.75) is 11.3 Å². The molecule has 0 amide bonds. The van der Waals surface area contributed by atoms with Gasteiger partial charge >= 0.3 is 0 Å². The summed E-state index contributed by atoms with van der Waals surface area (Å²) in [7, 11) is -3.67. The van der Waals surface area contributed by atoms with Gasteiger partial charge in [-0.3, -0.25) is 4.31 Å². The van der Waals surface area contributed by atoms with Gasteiger partial charge in [0.2, 0.25) is 0 Å². The minimum atomic E-state index is -3.67. The third kappa shape index (κ3) is 3.81. The first-order valence-electron chi connectivity index (χ1n) is 8.67. The number of halogens is 2. The Morgan fingerprint density at radius 3 is 2.45 bits per heavy atom. The van der Waals surface area contributed by atoms with E-state index >= 15 is 0 Å². The number of azo groups is 1. The molecule has 1 heterocycles. The predicted octanol–water partition coefficient (Wildman–Crippen LogP) is 5.87. The van der Waals surface area contributed by atoms with Gasteiger partial charge < -0.3 is 5.11 Å². The molecule has 0 aromatic heterocycles. The van der Waals surface area contributed by atoms with Crippen LogP contribution < -0.4 is 4.31 Å². The van der Waals surface area contributed by atoms with Crippen molar-refractivity contribution in [2.24, 2.45) is 10.2 Å². The molecule has 6 nitrogen and oxygen atoms in total. The average molecular weight is 448 g/mol. The number of rotatable bonds is 4. The number of anilines is 1. The number of aromatic hydroxyl groups is 1. The Balaban J connectivity index is 1.59. The van der Waals surface area contributed by atoms with Gasteiger partial charge in [-0.1, -0.05) is 41.4 Å². The number of phenolic OH excluding ortho intramolecular Hbond substituents is 1. The molecule has 0 spiro atoms. The van der Waals surface area contributed by atoms with Crippen molar-refractivity contribution in [2.75, 3.05) is 10.8 Å². The molecule has 0 fully saturated rings. The van der Waals surface area contributed by atoms with Crippen LogP contribution in [-0.2, 0) is 16.4 Å². The third-order valence-corrected chi connectivity index (χ3v) is 6.88. The molecule has 3 aromatic rings. The Morgan fingerprint density at radius 1 is 0.966 bits per heavy atom. The number of benzene rings is 3. The smallest absolute Gasteiger partial charge is 0.264 e. The van der Waals surface area contributed by atoms with Crippen LogP contribution in [0.4, 0.5) is 17.1 Å². The van der Waals surface area contributed by atoms with Gasteiger partial charge in [-0.25, -0.2) is 8.42 Å². The van der Waals surface area contributed by atoms with Crippen molar-refractivity contribution in [3.8, 4) is 5.75 Å². The molecule has 3 aromatic carbocycles. The summed E-state index contributed by atoms with van der Waals surface area (Å²) in [6.45, 7) is 0.415. The second-order valence-electron chi connectivity index (χ2n) is 6.41. The van der Waals surface area contributed by atoms with Crippen molar-refractivity contribution in [1.82, 2.24) is 0 Å². The minimum absolute atomic E-state index is 0.0683. The summed E-state index contributed by atoms with van der Waals surface area (Å²) in [5.74, 6) is -0.230. The van der Waals surface area contributed by atoms with E-state index in [9.17, 15) is 13.5 Å². The molecule has 0 bridgehead atoms. The molecule has 0 radical (unpaired) electrons. The minimum Gasteiger partial charge on any atom is -0.504 e. The molecule has 0 saturated carbocycles. The summed E-state index contributed by atoms with van der Waals surface area (Å²) >= 11 is 11.8. The van der Waals surface area contributed by atoms with Gasteiger partial charge in [-0.05, 0) is 54.4 Å². The molecule has 0 unspecified atom stereocenters. The number of hydrogen-bond donors (Lipinski definition) is 1. The van der Waals surface area contributed by atoms with Crippen LogP contribution in [0.3, 0.4) is 0 Å². The molecular formula is C20H15Cl2N3O3S. The Labute approximate surface area is 178 Å². The number of phenols is 1. The highest BCUT2D eigenvalue weighted by molar-refractivity contribution is 7.92. The summed E-state index contributed by atoms with van der Waals surface area (Å²) in [6.07, 6.45) is 0.688. The summed E-state index contributed by atoms with van der Waals surface area (Å²) in [5.41, 5.74) is 2.26. The Hall–Kier alpha value is -2.61. The molecule has 0 atom stereocenters. The van der Waals surface area contributed by atoms with Gasteiger partial charge in [-0.2, -0.15) is 5.11 Å². The van der Waals surface area contributed by atoms with Crippen LogP contribution in [0.5, 0.6) is 5.75 Å². The molecule has 1 aliphatic rings. The van der Waals surface area contributed by atoms with Crippen molar-refractivity contribution in [1.29, 1.82) is 0 Å².